The Labute approximate surface area is 160 Å². The van der Waals surface area contributed by atoms with Gasteiger partial charge in [-0.2, -0.15) is 0 Å². The minimum atomic E-state index is -1.13. The lowest BCUT2D eigenvalue weighted by molar-refractivity contribution is -0.122. The second kappa shape index (κ2) is 5.85. The molecule has 0 radical (unpaired) electrons. The Morgan fingerprint density at radius 2 is 1.32 bits per heavy atom. The topological polar surface area (TPSA) is 74.8 Å². The molecule has 0 aromatic heterocycles. The number of rotatable bonds is 2. The number of benzene rings is 3. The summed E-state index contributed by atoms with van der Waals surface area (Å²) in [5, 5.41) is 1.65. The predicted octanol–water partition coefficient (Wildman–Crippen LogP) is 2.77. The molecule has 0 aliphatic carbocycles. The van der Waals surface area contributed by atoms with Crippen molar-refractivity contribution in [1.29, 1.82) is 0 Å². The van der Waals surface area contributed by atoms with Gasteiger partial charge in [-0.25, -0.2) is 4.90 Å². The average molecular weight is 370 g/mol. The third-order valence-electron chi connectivity index (χ3n) is 5.27. The van der Waals surface area contributed by atoms with Crippen LogP contribution >= 0.6 is 0 Å². The number of hydrogen-bond acceptors (Lipinski definition) is 4. The number of imide groups is 2. The van der Waals surface area contributed by atoms with Crippen LogP contribution in [0, 0.1) is 0 Å². The van der Waals surface area contributed by atoms with Crippen molar-refractivity contribution in [2.45, 2.75) is 12.5 Å². The smallest absolute Gasteiger partial charge is 0.262 e. The highest BCUT2D eigenvalue weighted by atomic mass is 16.2. The third kappa shape index (κ3) is 2.15. The minimum Gasteiger partial charge on any atom is -0.274 e. The van der Waals surface area contributed by atoms with Crippen LogP contribution in [-0.4, -0.2) is 34.6 Å². The van der Waals surface area contributed by atoms with Crippen molar-refractivity contribution in [1.82, 2.24) is 4.90 Å². The lowest BCUT2D eigenvalue weighted by Crippen LogP contribution is -2.45. The Morgan fingerprint density at radius 3 is 2.04 bits per heavy atom. The van der Waals surface area contributed by atoms with E-state index in [0.29, 0.717) is 5.69 Å². The Hall–Kier alpha value is -3.80. The molecule has 6 nitrogen and oxygen atoms in total. The van der Waals surface area contributed by atoms with Gasteiger partial charge in [-0.05, 0) is 23.6 Å². The maximum absolute atomic E-state index is 13.1. The third-order valence-corrected chi connectivity index (χ3v) is 5.27. The molecule has 4 amide bonds. The minimum absolute atomic E-state index is 0.215. The maximum atomic E-state index is 13.1. The molecule has 6 heteroatoms. The molecule has 2 aliphatic rings. The van der Waals surface area contributed by atoms with E-state index >= 15 is 0 Å². The summed E-state index contributed by atoms with van der Waals surface area (Å²) in [6.07, 6.45) is -0.215. The number of nitrogens with zero attached hydrogens (tertiary/aromatic N) is 2. The second-order valence-electron chi connectivity index (χ2n) is 6.81. The van der Waals surface area contributed by atoms with E-state index in [-0.39, 0.29) is 17.5 Å². The van der Waals surface area contributed by atoms with Crippen molar-refractivity contribution in [2.24, 2.45) is 0 Å². The fourth-order valence-corrected chi connectivity index (χ4v) is 3.96. The molecular formula is C22H14N2O4. The molecule has 1 saturated heterocycles. The molecule has 28 heavy (non-hydrogen) atoms. The van der Waals surface area contributed by atoms with Gasteiger partial charge in [0.05, 0.1) is 23.2 Å². The van der Waals surface area contributed by atoms with Crippen LogP contribution in [0.4, 0.5) is 5.69 Å². The standard InChI is InChI=1S/C22H14N2O4/c25-19-12-18(24-20(26)15-9-3-4-10-16(15)21(24)27)22(28)23(19)17-11-5-7-13-6-1-2-8-14(13)17/h1-11,18H,12H2. The summed E-state index contributed by atoms with van der Waals surface area (Å²) in [6, 6.07) is 18.1. The molecule has 0 spiro atoms. The SMILES string of the molecule is O=C1CC(N2C(=O)c3ccccc3C2=O)C(=O)N1c1cccc2ccccc12. The van der Waals surface area contributed by atoms with Crippen LogP contribution in [0.1, 0.15) is 27.1 Å². The Kier molecular flexibility index (Phi) is 3.42. The van der Waals surface area contributed by atoms with Crippen molar-refractivity contribution in [3.8, 4) is 0 Å². The first-order chi connectivity index (χ1) is 13.6. The van der Waals surface area contributed by atoms with Gasteiger partial charge in [0.15, 0.2) is 0 Å². The van der Waals surface area contributed by atoms with E-state index in [0.717, 1.165) is 20.6 Å². The summed E-state index contributed by atoms with van der Waals surface area (Å²) in [5.74, 6) is -2.06. The highest BCUT2D eigenvalue weighted by Crippen LogP contribution is 2.34. The van der Waals surface area contributed by atoms with E-state index in [4.69, 9.17) is 0 Å². The molecule has 2 aliphatic heterocycles. The van der Waals surface area contributed by atoms with Gasteiger partial charge in [-0.3, -0.25) is 24.1 Å². The molecule has 3 aromatic carbocycles. The largest absolute Gasteiger partial charge is 0.274 e. The first-order valence-corrected chi connectivity index (χ1v) is 8.89. The highest BCUT2D eigenvalue weighted by molar-refractivity contribution is 6.29. The van der Waals surface area contributed by atoms with Gasteiger partial charge < -0.3 is 0 Å². The average Bonchev–Trinajstić information content (AvgIpc) is 3.14. The Balaban J connectivity index is 1.56. The van der Waals surface area contributed by atoms with E-state index < -0.39 is 29.7 Å². The number of carbonyl (C=O) groups is 4. The lowest BCUT2D eigenvalue weighted by Gasteiger charge is -2.21. The lowest BCUT2D eigenvalue weighted by atomic mass is 10.1. The number of carbonyl (C=O) groups excluding carboxylic acids is 4. The van der Waals surface area contributed by atoms with Gasteiger partial charge in [0.2, 0.25) is 5.91 Å². The van der Waals surface area contributed by atoms with Gasteiger partial charge in [0, 0.05) is 5.39 Å². The van der Waals surface area contributed by atoms with Crippen LogP contribution in [0.5, 0.6) is 0 Å². The number of hydrogen-bond donors (Lipinski definition) is 0. The zero-order valence-corrected chi connectivity index (χ0v) is 14.7. The number of amides is 4. The summed E-state index contributed by atoms with van der Waals surface area (Å²) in [5.41, 5.74) is 0.986. The van der Waals surface area contributed by atoms with Crippen LogP contribution in [0.25, 0.3) is 10.8 Å². The fraction of sp³-hybridized carbons (Fsp3) is 0.0909. The van der Waals surface area contributed by atoms with Crippen molar-refractivity contribution < 1.29 is 19.2 Å². The first kappa shape index (κ1) is 16.4. The predicted molar refractivity (Wildman–Crippen MR) is 102 cm³/mol. The van der Waals surface area contributed by atoms with E-state index in [2.05, 4.69) is 0 Å². The summed E-state index contributed by atoms with van der Waals surface area (Å²) in [7, 11) is 0. The van der Waals surface area contributed by atoms with Crippen molar-refractivity contribution in [2.75, 3.05) is 4.90 Å². The first-order valence-electron chi connectivity index (χ1n) is 8.89. The molecule has 0 bridgehead atoms. The quantitative estimate of drug-likeness (QED) is 0.650. The van der Waals surface area contributed by atoms with Crippen LogP contribution < -0.4 is 4.90 Å². The molecule has 0 saturated carbocycles. The Morgan fingerprint density at radius 1 is 0.714 bits per heavy atom. The summed E-state index contributed by atoms with van der Waals surface area (Å²) in [6.45, 7) is 0. The molecular weight excluding hydrogens is 356 g/mol. The van der Waals surface area contributed by atoms with Crippen molar-refractivity contribution in [3.63, 3.8) is 0 Å². The summed E-state index contributed by atoms with van der Waals surface area (Å²) < 4.78 is 0. The van der Waals surface area contributed by atoms with Gasteiger partial charge in [-0.1, -0.05) is 48.5 Å². The number of anilines is 1. The van der Waals surface area contributed by atoms with Gasteiger partial charge in [-0.15, -0.1) is 0 Å². The zero-order valence-electron chi connectivity index (χ0n) is 14.7. The molecule has 2 heterocycles. The highest BCUT2D eigenvalue weighted by Gasteiger charge is 2.50. The fourth-order valence-electron chi connectivity index (χ4n) is 3.96. The van der Waals surface area contributed by atoms with Gasteiger partial charge >= 0.3 is 0 Å². The van der Waals surface area contributed by atoms with Crippen LogP contribution in [-0.2, 0) is 9.59 Å². The monoisotopic (exact) mass is 370 g/mol. The van der Waals surface area contributed by atoms with E-state index in [1.807, 2.05) is 30.3 Å². The van der Waals surface area contributed by atoms with Crippen LogP contribution in [0.2, 0.25) is 0 Å². The normalized spacial score (nSPS) is 19.1. The van der Waals surface area contributed by atoms with Gasteiger partial charge in [0.1, 0.15) is 6.04 Å². The van der Waals surface area contributed by atoms with Crippen LogP contribution in [0.15, 0.2) is 66.7 Å². The van der Waals surface area contributed by atoms with E-state index in [9.17, 15) is 19.2 Å². The molecule has 1 fully saturated rings. The molecule has 3 aromatic rings. The Bertz CT molecular complexity index is 1160. The summed E-state index contributed by atoms with van der Waals surface area (Å²) in [4.78, 5) is 53.4. The molecule has 1 unspecified atom stereocenters. The molecule has 5 rings (SSSR count). The second-order valence-corrected chi connectivity index (χ2v) is 6.81. The number of fused-ring (bicyclic) bond motifs is 2. The van der Waals surface area contributed by atoms with Crippen LogP contribution in [0.3, 0.4) is 0 Å². The van der Waals surface area contributed by atoms with Gasteiger partial charge in [0.25, 0.3) is 17.7 Å². The van der Waals surface area contributed by atoms with Crippen molar-refractivity contribution >= 4 is 40.1 Å². The van der Waals surface area contributed by atoms with E-state index in [1.165, 1.54) is 0 Å². The maximum Gasteiger partial charge on any atom is 0.262 e. The molecule has 136 valence electrons. The molecule has 0 N–H and O–H groups in total. The van der Waals surface area contributed by atoms with Crippen molar-refractivity contribution in [3.05, 3.63) is 77.9 Å². The molecule has 1 atom stereocenters. The van der Waals surface area contributed by atoms with E-state index in [1.54, 1.807) is 36.4 Å². The summed E-state index contributed by atoms with van der Waals surface area (Å²) >= 11 is 0. The zero-order chi connectivity index (χ0) is 19.4.